The van der Waals surface area contributed by atoms with Crippen LogP contribution < -0.4 is 5.32 Å². The third-order valence-corrected chi connectivity index (χ3v) is 4.08. The first-order chi connectivity index (χ1) is 11.2. The van der Waals surface area contributed by atoms with Crippen LogP contribution in [0.25, 0.3) is 10.9 Å². The predicted octanol–water partition coefficient (Wildman–Crippen LogP) is 3.10. The summed E-state index contributed by atoms with van der Waals surface area (Å²) in [7, 11) is 0. The first-order valence-electron chi connectivity index (χ1n) is 7.95. The van der Waals surface area contributed by atoms with Gasteiger partial charge in [0.1, 0.15) is 0 Å². The van der Waals surface area contributed by atoms with Gasteiger partial charge < -0.3 is 10.3 Å². The standard InChI is InChI=1S/C19H21N3O/c1-14(11-16-13-22-18-7-3-2-6-17(16)18)19(23)21-10-8-15-5-4-9-20-12-15/h2-7,9,12-14,22H,8,10-11H2,1H3,(H,21,23). The van der Waals surface area contributed by atoms with Gasteiger partial charge in [-0.3, -0.25) is 9.78 Å². The van der Waals surface area contributed by atoms with Crippen LogP contribution in [0.5, 0.6) is 0 Å². The largest absolute Gasteiger partial charge is 0.361 e. The summed E-state index contributed by atoms with van der Waals surface area (Å²) in [5, 5.41) is 4.21. The maximum absolute atomic E-state index is 12.3. The van der Waals surface area contributed by atoms with Gasteiger partial charge in [0.2, 0.25) is 5.91 Å². The molecule has 0 aliphatic rings. The molecule has 0 saturated heterocycles. The lowest BCUT2D eigenvalue weighted by molar-refractivity contribution is -0.124. The maximum atomic E-state index is 12.3. The van der Waals surface area contributed by atoms with E-state index in [1.807, 2.05) is 43.6 Å². The number of para-hydroxylation sites is 1. The number of hydrogen-bond acceptors (Lipinski definition) is 2. The monoisotopic (exact) mass is 307 g/mol. The van der Waals surface area contributed by atoms with E-state index in [1.165, 1.54) is 10.9 Å². The van der Waals surface area contributed by atoms with Crippen LogP contribution in [-0.4, -0.2) is 22.4 Å². The van der Waals surface area contributed by atoms with Crippen LogP contribution in [0.1, 0.15) is 18.1 Å². The summed E-state index contributed by atoms with van der Waals surface area (Å²) in [6.45, 7) is 2.62. The van der Waals surface area contributed by atoms with E-state index in [2.05, 4.69) is 27.4 Å². The molecule has 1 atom stereocenters. The number of rotatable bonds is 6. The van der Waals surface area contributed by atoms with Crippen LogP contribution in [0.3, 0.4) is 0 Å². The summed E-state index contributed by atoms with van der Waals surface area (Å²) >= 11 is 0. The Morgan fingerprint density at radius 1 is 1.26 bits per heavy atom. The number of aromatic amines is 1. The van der Waals surface area contributed by atoms with Crippen molar-refractivity contribution in [3.8, 4) is 0 Å². The van der Waals surface area contributed by atoms with Crippen molar-refractivity contribution >= 4 is 16.8 Å². The first-order valence-corrected chi connectivity index (χ1v) is 7.95. The lowest BCUT2D eigenvalue weighted by Crippen LogP contribution is -2.31. The van der Waals surface area contributed by atoms with Gasteiger partial charge in [-0.2, -0.15) is 0 Å². The molecule has 0 spiro atoms. The number of benzene rings is 1. The third kappa shape index (κ3) is 3.77. The second kappa shape index (κ2) is 7.09. The van der Waals surface area contributed by atoms with Gasteiger partial charge in [0.15, 0.2) is 0 Å². The summed E-state index contributed by atoms with van der Waals surface area (Å²) in [4.78, 5) is 19.6. The van der Waals surface area contributed by atoms with Crippen molar-refractivity contribution < 1.29 is 4.79 Å². The molecule has 0 aliphatic carbocycles. The van der Waals surface area contributed by atoms with Gasteiger partial charge >= 0.3 is 0 Å². The van der Waals surface area contributed by atoms with Crippen LogP contribution in [0.2, 0.25) is 0 Å². The van der Waals surface area contributed by atoms with Crippen molar-refractivity contribution in [2.45, 2.75) is 19.8 Å². The average Bonchev–Trinajstić information content (AvgIpc) is 2.99. The number of H-pyrrole nitrogens is 1. The van der Waals surface area contributed by atoms with Crippen LogP contribution in [-0.2, 0) is 17.6 Å². The maximum Gasteiger partial charge on any atom is 0.223 e. The molecule has 118 valence electrons. The summed E-state index contributed by atoms with van der Waals surface area (Å²) in [5.74, 6) is 0.0438. The number of hydrogen-bond donors (Lipinski definition) is 2. The van der Waals surface area contributed by atoms with Gasteiger partial charge in [-0.25, -0.2) is 0 Å². The molecule has 23 heavy (non-hydrogen) atoms. The molecular formula is C19H21N3O. The number of nitrogens with zero attached hydrogens (tertiary/aromatic N) is 1. The molecule has 2 N–H and O–H groups in total. The van der Waals surface area contributed by atoms with Gasteiger partial charge in [0.05, 0.1) is 0 Å². The molecule has 0 aliphatic heterocycles. The number of aromatic nitrogens is 2. The molecule has 2 heterocycles. The number of pyridine rings is 1. The predicted molar refractivity (Wildman–Crippen MR) is 92.1 cm³/mol. The number of carbonyl (C=O) groups excluding carboxylic acids is 1. The number of nitrogens with one attached hydrogen (secondary N) is 2. The van der Waals surface area contributed by atoms with Crippen molar-refractivity contribution in [1.82, 2.24) is 15.3 Å². The fourth-order valence-electron chi connectivity index (χ4n) is 2.77. The first kappa shape index (κ1) is 15.3. The molecule has 3 aromatic rings. The second-order valence-corrected chi connectivity index (χ2v) is 5.87. The molecular weight excluding hydrogens is 286 g/mol. The van der Waals surface area contributed by atoms with Gasteiger partial charge in [-0.15, -0.1) is 0 Å². The quantitative estimate of drug-likeness (QED) is 0.735. The van der Waals surface area contributed by atoms with Gasteiger partial charge in [-0.1, -0.05) is 31.2 Å². The zero-order valence-corrected chi connectivity index (χ0v) is 13.3. The molecule has 0 saturated carbocycles. The Kier molecular flexibility index (Phi) is 4.71. The van der Waals surface area contributed by atoms with Crippen LogP contribution in [0, 0.1) is 5.92 Å². The van der Waals surface area contributed by atoms with Crippen LogP contribution in [0.15, 0.2) is 55.0 Å². The van der Waals surface area contributed by atoms with E-state index in [0.717, 1.165) is 23.9 Å². The van der Waals surface area contributed by atoms with Crippen LogP contribution >= 0.6 is 0 Å². The van der Waals surface area contributed by atoms with Crippen molar-refractivity contribution in [2.75, 3.05) is 6.54 Å². The van der Waals surface area contributed by atoms with Gasteiger partial charge in [0.25, 0.3) is 0 Å². The summed E-state index contributed by atoms with van der Waals surface area (Å²) < 4.78 is 0. The third-order valence-electron chi connectivity index (χ3n) is 4.08. The Labute approximate surface area is 136 Å². The molecule has 1 amide bonds. The SMILES string of the molecule is CC(Cc1c[nH]c2ccccc12)C(=O)NCCc1cccnc1. The highest BCUT2D eigenvalue weighted by atomic mass is 16.1. The highest BCUT2D eigenvalue weighted by Crippen LogP contribution is 2.20. The van der Waals surface area contributed by atoms with E-state index < -0.39 is 0 Å². The van der Waals surface area contributed by atoms with Crippen molar-refractivity contribution in [3.63, 3.8) is 0 Å². The molecule has 0 fully saturated rings. The fourth-order valence-corrected chi connectivity index (χ4v) is 2.77. The highest BCUT2D eigenvalue weighted by molar-refractivity contribution is 5.84. The van der Waals surface area contributed by atoms with Crippen molar-refractivity contribution in [2.24, 2.45) is 5.92 Å². The number of amides is 1. The topological polar surface area (TPSA) is 57.8 Å². The lowest BCUT2D eigenvalue weighted by atomic mass is 10.00. The number of carbonyl (C=O) groups is 1. The van der Waals surface area contributed by atoms with E-state index in [-0.39, 0.29) is 11.8 Å². The molecule has 0 bridgehead atoms. The Morgan fingerprint density at radius 2 is 2.13 bits per heavy atom. The highest BCUT2D eigenvalue weighted by Gasteiger charge is 2.15. The fraction of sp³-hybridized carbons (Fsp3) is 0.263. The van der Waals surface area contributed by atoms with Gasteiger partial charge in [-0.05, 0) is 36.1 Å². The molecule has 1 unspecified atom stereocenters. The van der Waals surface area contributed by atoms with E-state index in [4.69, 9.17) is 0 Å². The Hall–Kier alpha value is -2.62. The van der Waals surface area contributed by atoms with Gasteiger partial charge in [0, 0.05) is 42.0 Å². The number of fused-ring (bicyclic) bond motifs is 1. The summed E-state index contributed by atoms with van der Waals surface area (Å²) in [6.07, 6.45) is 7.14. The summed E-state index contributed by atoms with van der Waals surface area (Å²) in [5.41, 5.74) is 3.44. The Bertz CT molecular complexity index is 779. The van der Waals surface area contributed by atoms with E-state index >= 15 is 0 Å². The minimum atomic E-state index is -0.0527. The normalized spacial score (nSPS) is 12.2. The Morgan fingerprint density at radius 3 is 2.96 bits per heavy atom. The van der Waals surface area contributed by atoms with E-state index in [1.54, 1.807) is 6.20 Å². The van der Waals surface area contributed by atoms with Crippen molar-refractivity contribution in [1.29, 1.82) is 0 Å². The lowest BCUT2D eigenvalue weighted by Gasteiger charge is -2.12. The van der Waals surface area contributed by atoms with E-state index in [9.17, 15) is 4.79 Å². The van der Waals surface area contributed by atoms with E-state index in [0.29, 0.717) is 6.54 Å². The smallest absolute Gasteiger partial charge is 0.223 e. The van der Waals surface area contributed by atoms with Crippen molar-refractivity contribution in [3.05, 3.63) is 66.1 Å². The molecule has 4 nitrogen and oxygen atoms in total. The Balaban J connectivity index is 1.53. The van der Waals surface area contributed by atoms with Crippen LogP contribution in [0.4, 0.5) is 0 Å². The zero-order chi connectivity index (χ0) is 16.1. The molecule has 4 heteroatoms. The second-order valence-electron chi connectivity index (χ2n) is 5.87. The molecule has 2 aromatic heterocycles. The molecule has 1 aromatic carbocycles. The minimum Gasteiger partial charge on any atom is -0.361 e. The minimum absolute atomic E-state index is 0.0527. The molecule has 3 rings (SSSR count). The molecule has 0 radical (unpaired) electrons. The summed E-state index contributed by atoms with van der Waals surface area (Å²) in [6, 6.07) is 12.1. The zero-order valence-electron chi connectivity index (χ0n) is 13.3. The average molecular weight is 307 g/mol.